The van der Waals surface area contributed by atoms with Crippen molar-refractivity contribution >= 4 is 28.1 Å². The number of nitrogens with one attached hydrogen (secondary N) is 1. The second-order valence-electron chi connectivity index (χ2n) is 6.57. The molecule has 3 aromatic carbocycles. The summed E-state index contributed by atoms with van der Waals surface area (Å²) in [5.74, 6) is 1.54. The van der Waals surface area contributed by atoms with Crippen molar-refractivity contribution in [3.63, 3.8) is 0 Å². The van der Waals surface area contributed by atoms with E-state index in [0.717, 1.165) is 10.0 Å². The Hall–Kier alpha value is -3.52. The lowest BCUT2D eigenvalue weighted by molar-refractivity contribution is 0.0950. The highest BCUT2D eigenvalue weighted by molar-refractivity contribution is 9.10. The molecule has 0 unspecified atom stereocenters. The second-order valence-corrected chi connectivity index (χ2v) is 7.48. The van der Waals surface area contributed by atoms with Gasteiger partial charge in [0.25, 0.3) is 5.91 Å². The number of methoxy groups -OCH3 is 3. The Morgan fingerprint density at radius 3 is 2.22 bits per heavy atom. The van der Waals surface area contributed by atoms with Crippen LogP contribution in [0.3, 0.4) is 0 Å². The molecule has 166 valence electrons. The van der Waals surface area contributed by atoms with Gasteiger partial charge in [0.1, 0.15) is 12.4 Å². The average Bonchev–Trinajstić information content (AvgIpc) is 2.83. The summed E-state index contributed by atoms with van der Waals surface area (Å²) in [6.07, 6.45) is 1.49. The molecule has 0 aliphatic heterocycles. The predicted octanol–water partition coefficient (Wildman–Crippen LogP) is 4.82. The van der Waals surface area contributed by atoms with Gasteiger partial charge in [-0.2, -0.15) is 5.10 Å². The number of rotatable bonds is 9. The van der Waals surface area contributed by atoms with Crippen LogP contribution in [0.5, 0.6) is 23.0 Å². The van der Waals surface area contributed by atoms with Crippen LogP contribution in [0.15, 0.2) is 70.2 Å². The highest BCUT2D eigenvalue weighted by Gasteiger charge is 2.14. The Kier molecular flexibility index (Phi) is 8.10. The first kappa shape index (κ1) is 23.1. The van der Waals surface area contributed by atoms with Gasteiger partial charge in [-0.1, -0.05) is 40.2 Å². The van der Waals surface area contributed by atoms with E-state index in [4.69, 9.17) is 18.9 Å². The van der Waals surface area contributed by atoms with Gasteiger partial charge in [0.05, 0.1) is 33.1 Å². The number of hydrogen-bond donors (Lipinski definition) is 1. The number of carbonyl (C=O) groups is 1. The zero-order chi connectivity index (χ0) is 22.9. The molecule has 0 aliphatic carbocycles. The third kappa shape index (κ3) is 5.79. The smallest absolute Gasteiger partial charge is 0.275 e. The Balaban J connectivity index is 1.70. The van der Waals surface area contributed by atoms with E-state index in [0.29, 0.717) is 40.7 Å². The fourth-order valence-corrected chi connectivity index (χ4v) is 3.19. The first-order chi connectivity index (χ1) is 15.5. The molecule has 32 heavy (non-hydrogen) atoms. The standard InChI is InChI=1S/C24H23BrN2O5/c1-29-21-12-17(13-22(30-2)23(21)31-3)14-26-27-24(28)19-6-4-5-7-20(19)32-15-16-8-10-18(25)11-9-16/h4-14H,15H2,1-3H3,(H,27,28). The van der Waals surface area contributed by atoms with Gasteiger partial charge in [-0.05, 0) is 42.0 Å². The molecule has 1 N–H and O–H groups in total. The molecule has 0 saturated carbocycles. The van der Waals surface area contributed by atoms with Crippen molar-refractivity contribution in [2.24, 2.45) is 5.10 Å². The predicted molar refractivity (Wildman–Crippen MR) is 126 cm³/mol. The zero-order valence-electron chi connectivity index (χ0n) is 17.9. The number of hydrazone groups is 1. The van der Waals surface area contributed by atoms with Crippen LogP contribution in [0.1, 0.15) is 21.5 Å². The number of ether oxygens (including phenoxy) is 4. The van der Waals surface area contributed by atoms with Gasteiger partial charge in [0, 0.05) is 10.0 Å². The van der Waals surface area contributed by atoms with Crippen molar-refractivity contribution in [2.75, 3.05) is 21.3 Å². The summed E-state index contributed by atoms with van der Waals surface area (Å²) in [4.78, 5) is 12.7. The molecule has 0 bridgehead atoms. The van der Waals surface area contributed by atoms with Gasteiger partial charge < -0.3 is 18.9 Å². The topological polar surface area (TPSA) is 78.4 Å². The average molecular weight is 499 g/mol. The van der Waals surface area contributed by atoms with Crippen molar-refractivity contribution in [3.05, 3.63) is 81.8 Å². The van der Waals surface area contributed by atoms with Crippen LogP contribution in [-0.2, 0) is 6.61 Å². The van der Waals surface area contributed by atoms with Crippen LogP contribution in [0.25, 0.3) is 0 Å². The Bertz CT molecular complexity index is 1070. The van der Waals surface area contributed by atoms with Crippen LogP contribution in [0.4, 0.5) is 0 Å². The van der Waals surface area contributed by atoms with E-state index in [1.54, 1.807) is 30.3 Å². The van der Waals surface area contributed by atoms with E-state index in [2.05, 4.69) is 26.5 Å². The third-order valence-electron chi connectivity index (χ3n) is 4.51. The van der Waals surface area contributed by atoms with Crippen LogP contribution < -0.4 is 24.4 Å². The van der Waals surface area contributed by atoms with Crippen LogP contribution in [-0.4, -0.2) is 33.5 Å². The molecule has 8 heteroatoms. The van der Waals surface area contributed by atoms with E-state index in [1.807, 2.05) is 30.3 Å². The van der Waals surface area contributed by atoms with Gasteiger partial charge >= 0.3 is 0 Å². The molecule has 1 amide bonds. The first-order valence-electron chi connectivity index (χ1n) is 9.65. The fourth-order valence-electron chi connectivity index (χ4n) is 2.92. The number of para-hydroxylation sites is 1. The first-order valence-corrected chi connectivity index (χ1v) is 10.4. The van der Waals surface area contributed by atoms with Crippen molar-refractivity contribution < 1.29 is 23.7 Å². The minimum absolute atomic E-state index is 0.340. The SMILES string of the molecule is COc1cc(C=NNC(=O)c2ccccc2OCc2ccc(Br)cc2)cc(OC)c1OC. The quantitative estimate of drug-likeness (QED) is 0.338. The number of nitrogens with zero attached hydrogens (tertiary/aromatic N) is 1. The molecule has 0 atom stereocenters. The van der Waals surface area contributed by atoms with Crippen LogP contribution >= 0.6 is 15.9 Å². The lowest BCUT2D eigenvalue weighted by Gasteiger charge is -2.12. The van der Waals surface area contributed by atoms with E-state index in [1.165, 1.54) is 27.5 Å². The Morgan fingerprint density at radius 1 is 0.938 bits per heavy atom. The molecule has 0 saturated heterocycles. The van der Waals surface area contributed by atoms with Gasteiger partial charge in [-0.25, -0.2) is 5.43 Å². The summed E-state index contributed by atoms with van der Waals surface area (Å²) in [5, 5.41) is 4.06. The molecular weight excluding hydrogens is 476 g/mol. The molecule has 7 nitrogen and oxygen atoms in total. The lowest BCUT2D eigenvalue weighted by atomic mass is 10.2. The van der Waals surface area contributed by atoms with Crippen molar-refractivity contribution in [2.45, 2.75) is 6.61 Å². The number of amides is 1. The number of halogens is 1. The van der Waals surface area contributed by atoms with E-state index >= 15 is 0 Å². The maximum absolute atomic E-state index is 12.7. The molecular formula is C24H23BrN2O5. The van der Waals surface area contributed by atoms with Crippen LogP contribution in [0, 0.1) is 0 Å². The third-order valence-corrected chi connectivity index (χ3v) is 5.03. The summed E-state index contributed by atoms with van der Waals surface area (Å²) in [5.41, 5.74) is 4.57. The Labute approximate surface area is 195 Å². The molecule has 0 spiro atoms. The molecule has 3 rings (SSSR count). The number of benzene rings is 3. The van der Waals surface area contributed by atoms with E-state index in [-0.39, 0.29) is 5.91 Å². The fraction of sp³-hybridized carbons (Fsp3) is 0.167. The molecule has 0 radical (unpaired) electrons. The molecule has 0 aromatic heterocycles. The normalized spacial score (nSPS) is 10.6. The van der Waals surface area contributed by atoms with Gasteiger partial charge in [-0.15, -0.1) is 0 Å². The largest absolute Gasteiger partial charge is 0.493 e. The molecule has 3 aromatic rings. The lowest BCUT2D eigenvalue weighted by Crippen LogP contribution is -2.18. The summed E-state index contributed by atoms with van der Waals surface area (Å²) in [6.45, 7) is 0.340. The van der Waals surface area contributed by atoms with Crippen LogP contribution in [0.2, 0.25) is 0 Å². The summed E-state index contributed by atoms with van der Waals surface area (Å²) in [7, 11) is 4.60. The zero-order valence-corrected chi connectivity index (χ0v) is 19.5. The van der Waals surface area contributed by atoms with Crippen molar-refractivity contribution in [1.29, 1.82) is 0 Å². The van der Waals surface area contributed by atoms with Crippen molar-refractivity contribution in [3.8, 4) is 23.0 Å². The van der Waals surface area contributed by atoms with Gasteiger partial charge in [0.15, 0.2) is 11.5 Å². The molecule has 0 fully saturated rings. The minimum atomic E-state index is -0.389. The van der Waals surface area contributed by atoms with E-state index < -0.39 is 0 Å². The number of hydrogen-bond acceptors (Lipinski definition) is 6. The van der Waals surface area contributed by atoms with Gasteiger partial charge in [-0.3, -0.25) is 4.79 Å². The highest BCUT2D eigenvalue weighted by atomic mass is 79.9. The van der Waals surface area contributed by atoms with E-state index in [9.17, 15) is 4.79 Å². The monoisotopic (exact) mass is 498 g/mol. The maximum atomic E-state index is 12.7. The van der Waals surface area contributed by atoms with Crippen molar-refractivity contribution in [1.82, 2.24) is 5.43 Å². The number of carbonyl (C=O) groups excluding carboxylic acids is 1. The van der Waals surface area contributed by atoms with Gasteiger partial charge in [0.2, 0.25) is 5.75 Å². The molecule has 0 aliphatic rings. The molecule has 0 heterocycles. The maximum Gasteiger partial charge on any atom is 0.275 e. The summed E-state index contributed by atoms with van der Waals surface area (Å²) in [6, 6.07) is 18.3. The summed E-state index contributed by atoms with van der Waals surface area (Å²) < 4.78 is 22.8. The highest BCUT2D eigenvalue weighted by Crippen LogP contribution is 2.37. The Morgan fingerprint density at radius 2 is 1.59 bits per heavy atom. The summed E-state index contributed by atoms with van der Waals surface area (Å²) >= 11 is 3.41. The minimum Gasteiger partial charge on any atom is -0.493 e. The second kappa shape index (κ2) is 11.2.